The second-order valence-corrected chi connectivity index (χ2v) is 4.86. The van der Waals surface area contributed by atoms with Gasteiger partial charge >= 0.3 is 5.97 Å². The molecule has 0 aliphatic heterocycles. The average molecular weight is 238 g/mol. The van der Waals surface area contributed by atoms with Crippen molar-refractivity contribution < 1.29 is 9.90 Å². The van der Waals surface area contributed by atoms with Gasteiger partial charge in [-0.15, -0.1) is 21.5 Å². The van der Waals surface area contributed by atoms with Crippen molar-refractivity contribution in [2.24, 2.45) is 0 Å². The molecule has 0 unspecified atom stereocenters. The molecule has 0 aromatic carbocycles. The molecule has 0 amide bonds. The lowest BCUT2D eigenvalue weighted by molar-refractivity contribution is 0.0689. The van der Waals surface area contributed by atoms with Gasteiger partial charge in [-0.3, -0.25) is 0 Å². The number of hydrogen-bond donors (Lipinski definition) is 1. The summed E-state index contributed by atoms with van der Waals surface area (Å²) >= 11 is 3.07. The van der Waals surface area contributed by atoms with Crippen LogP contribution in [0.4, 0.5) is 0 Å². The lowest BCUT2D eigenvalue weighted by Gasteiger charge is -1.96. The molecule has 4 nitrogen and oxygen atoms in total. The van der Waals surface area contributed by atoms with Gasteiger partial charge in [-0.25, -0.2) is 4.79 Å². The number of aromatic carboxylic acids is 1. The van der Waals surface area contributed by atoms with Crippen LogP contribution >= 0.6 is 23.1 Å². The van der Waals surface area contributed by atoms with Crippen LogP contribution in [-0.4, -0.2) is 21.3 Å². The van der Waals surface area contributed by atoms with Gasteiger partial charge in [-0.05, 0) is 23.6 Å². The van der Waals surface area contributed by atoms with Crippen molar-refractivity contribution in [3.63, 3.8) is 0 Å². The maximum absolute atomic E-state index is 10.5. The summed E-state index contributed by atoms with van der Waals surface area (Å²) in [5.41, 5.74) is -0.0365. The van der Waals surface area contributed by atoms with Gasteiger partial charge in [0.1, 0.15) is 5.03 Å². The lowest BCUT2D eigenvalue weighted by atomic mass is 10.4. The van der Waals surface area contributed by atoms with Crippen LogP contribution in [0.1, 0.15) is 10.5 Å². The zero-order valence-corrected chi connectivity index (χ0v) is 9.09. The number of rotatable bonds is 3. The molecule has 6 heteroatoms. The molecule has 2 aromatic heterocycles. The highest BCUT2D eigenvalue weighted by atomic mass is 32.2. The first kappa shape index (κ1) is 10.1. The third-order valence-electron chi connectivity index (χ3n) is 1.56. The van der Waals surface area contributed by atoms with Gasteiger partial charge in [-0.1, -0.05) is 17.8 Å². The summed E-state index contributed by atoms with van der Waals surface area (Å²) in [6.45, 7) is 0. The van der Waals surface area contributed by atoms with E-state index in [1.54, 1.807) is 17.4 Å². The van der Waals surface area contributed by atoms with Crippen LogP contribution in [-0.2, 0) is 0 Å². The fraction of sp³-hybridized carbons (Fsp3) is 0. The normalized spacial score (nSPS) is 10.1. The van der Waals surface area contributed by atoms with E-state index in [2.05, 4.69) is 10.2 Å². The highest BCUT2D eigenvalue weighted by Gasteiger charge is 2.06. The van der Waals surface area contributed by atoms with Crippen molar-refractivity contribution in [3.8, 4) is 0 Å². The fourth-order valence-corrected chi connectivity index (χ4v) is 2.55. The van der Waals surface area contributed by atoms with Crippen LogP contribution in [0, 0.1) is 0 Å². The quantitative estimate of drug-likeness (QED) is 0.889. The Bertz CT molecular complexity index is 453. The summed E-state index contributed by atoms with van der Waals surface area (Å²) in [5, 5.41) is 18.7. The number of carbonyl (C=O) groups is 1. The Morgan fingerprint density at radius 3 is 2.73 bits per heavy atom. The molecule has 2 aromatic rings. The molecule has 0 atom stereocenters. The van der Waals surface area contributed by atoms with Crippen molar-refractivity contribution in [1.82, 2.24) is 10.2 Å². The van der Waals surface area contributed by atoms with Gasteiger partial charge in [0.05, 0.1) is 4.21 Å². The van der Waals surface area contributed by atoms with E-state index in [1.165, 1.54) is 17.8 Å². The first-order chi connectivity index (χ1) is 7.25. The van der Waals surface area contributed by atoms with E-state index in [-0.39, 0.29) is 5.69 Å². The van der Waals surface area contributed by atoms with Crippen molar-refractivity contribution in [1.29, 1.82) is 0 Å². The van der Waals surface area contributed by atoms with Gasteiger partial charge in [0.25, 0.3) is 0 Å². The van der Waals surface area contributed by atoms with E-state index < -0.39 is 5.97 Å². The van der Waals surface area contributed by atoms with E-state index in [0.717, 1.165) is 4.21 Å². The minimum atomic E-state index is -1.06. The van der Waals surface area contributed by atoms with Crippen molar-refractivity contribution >= 4 is 29.1 Å². The zero-order valence-electron chi connectivity index (χ0n) is 7.45. The summed E-state index contributed by atoms with van der Waals surface area (Å²) in [6, 6.07) is 7.03. The number of thiophene rings is 1. The predicted octanol–water partition coefficient (Wildman–Crippen LogP) is 2.39. The van der Waals surface area contributed by atoms with E-state index >= 15 is 0 Å². The molecule has 0 aliphatic carbocycles. The molecule has 0 spiro atoms. The second kappa shape index (κ2) is 4.41. The van der Waals surface area contributed by atoms with E-state index in [4.69, 9.17) is 5.11 Å². The largest absolute Gasteiger partial charge is 0.476 e. The topological polar surface area (TPSA) is 63.1 Å². The molecule has 0 bridgehead atoms. The second-order valence-electron chi connectivity index (χ2n) is 2.60. The Morgan fingerprint density at radius 2 is 2.20 bits per heavy atom. The third kappa shape index (κ3) is 2.54. The Kier molecular flexibility index (Phi) is 2.98. The van der Waals surface area contributed by atoms with Gasteiger partial charge in [-0.2, -0.15) is 0 Å². The van der Waals surface area contributed by atoms with Gasteiger partial charge in [0, 0.05) is 0 Å². The summed E-state index contributed by atoms with van der Waals surface area (Å²) in [5.74, 6) is -1.06. The molecule has 76 valence electrons. The highest BCUT2D eigenvalue weighted by molar-refractivity contribution is 8.01. The van der Waals surface area contributed by atoms with E-state index in [1.807, 2.05) is 17.5 Å². The smallest absolute Gasteiger partial charge is 0.356 e. The van der Waals surface area contributed by atoms with E-state index in [9.17, 15) is 4.79 Å². The van der Waals surface area contributed by atoms with Crippen molar-refractivity contribution in [2.75, 3.05) is 0 Å². The van der Waals surface area contributed by atoms with Crippen LogP contribution < -0.4 is 0 Å². The predicted molar refractivity (Wildman–Crippen MR) is 57.4 cm³/mol. The molecule has 0 saturated carbocycles. The first-order valence-electron chi connectivity index (χ1n) is 4.04. The lowest BCUT2D eigenvalue weighted by Crippen LogP contribution is -2.01. The Hall–Kier alpha value is -1.40. The maximum Gasteiger partial charge on any atom is 0.356 e. The number of nitrogens with zero attached hydrogens (tertiary/aromatic N) is 2. The van der Waals surface area contributed by atoms with Gasteiger partial charge in [0.2, 0.25) is 0 Å². The molecule has 0 saturated heterocycles. The van der Waals surface area contributed by atoms with Crippen molar-refractivity contribution in [2.45, 2.75) is 9.24 Å². The minimum Gasteiger partial charge on any atom is -0.476 e. The van der Waals surface area contributed by atoms with Gasteiger partial charge < -0.3 is 5.11 Å². The molecule has 0 aliphatic rings. The summed E-state index contributed by atoms with van der Waals surface area (Å²) in [6.07, 6.45) is 0. The SMILES string of the molecule is O=C(O)c1ccc(Sc2cccs2)nn1. The highest BCUT2D eigenvalue weighted by Crippen LogP contribution is 2.29. The minimum absolute atomic E-state index is 0.0365. The van der Waals surface area contributed by atoms with Crippen LogP contribution in [0.2, 0.25) is 0 Å². The Labute approximate surface area is 94.0 Å². The van der Waals surface area contributed by atoms with Crippen molar-refractivity contribution in [3.05, 3.63) is 35.3 Å². The molecule has 2 rings (SSSR count). The summed E-state index contributed by atoms with van der Waals surface area (Å²) < 4.78 is 1.10. The maximum atomic E-state index is 10.5. The van der Waals surface area contributed by atoms with Crippen LogP contribution in [0.15, 0.2) is 38.9 Å². The zero-order chi connectivity index (χ0) is 10.7. The molecule has 2 heterocycles. The molecular weight excluding hydrogens is 232 g/mol. The van der Waals surface area contributed by atoms with Crippen LogP contribution in [0.3, 0.4) is 0 Å². The molecule has 0 fully saturated rings. The molecule has 0 radical (unpaired) electrons. The standard InChI is InChI=1S/C9H6N2O2S2/c12-9(13)6-3-4-7(11-10-6)15-8-2-1-5-14-8/h1-5H,(H,12,13). The average Bonchev–Trinajstić information content (AvgIpc) is 2.71. The first-order valence-corrected chi connectivity index (χ1v) is 5.74. The molecular formula is C9H6N2O2S2. The number of carboxylic acids is 1. The molecule has 15 heavy (non-hydrogen) atoms. The third-order valence-corrected chi connectivity index (χ3v) is 3.52. The number of hydrogen-bond acceptors (Lipinski definition) is 5. The van der Waals surface area contributed by atoms with Crippen LogP contribution in [0.5, 0.6) is 0 Å². The fourth-order valence-electron chi connectivity index (χ4n) is 0.913. The number of carboxylic acid groups (broad SMARTS) is 1. The Balaban J connectivity index is 2.14. The van der Waals surface area contributed by atoms with E-state index in [0.29, 0.717) is 5.03 Å². The Morgan fingerprint density at radius 1 is 1.33 bits per heavy atom. The summed E-state index contributed by atoms with van der Waals surface area (Å²) in [4.78, 5) is 10.5. The van der Waals surface area contributed by atoms with Gasteiger partial charge in [0.15, 0.2) is 5.69 Å². The molecule has 1 N–H and O–H groups in total. The summed E-state index contributed by atoms with van der Waals surface area (Å²) in [7, 11) is 0. The number of aromatic nitrogens is 2. The van der Waals surface area contributed by atoms with Crippen LogP contribution in [0.25, 0.3) is 0 Å². The monoisotopic (exact) mass is 238 g/mol.